The van der Waals surface area contributed by atoms with Crippen molar-refractivity contribution in [3.8, 4) is 11.5 Å². The van der Waals surface area contributed by atoms with E-state index in [0.717, 1.165) is 12.0 Å². The molecule has 1 amide bonds. The maximum Gasteiger partial charge on any atom is 0.280 e. The van der Waals surface area contributed by atoms with E-state index in [1.54, 1.807) is 13.0 Å². The highest BCUT2D eigenvalue weighted by Crippen LogP contribution is 2.31. The van der Waals surface area contributed by atoms with Gasteiger partial charge in [0.25, 0.3) is 5.91 Å². The lowest BCUT2D eigenvalue weighted by Gasteiger charge is -2.13. The number of amides is 1. The Balaban J connectivity index is 1.51. The van der Waals surface area contributed by atoms with E-state index in [9.17, 15) is 13.2 Å². The molecular formula is C27H27N3O5S. The predicted molar refractivity (Wildman–Crippen MR) is 140 cm³/mol. The lowest BCUT2D eigenvalue weighted by molar-refractivity contribution is -0.114. The number of carbonyl (C=O) groups is 1. The Morgan fingerprint density at radius 2 is 1.69 bits per heavy atom. The lowest BCUT2D eigenvalue weighted by Crippen LogP contribution is -2.21. The predicted octanol–water partition coefficient (Wildman–Crippen LogP) is 4.16. The topological polar surface area (TPSA) is 111 Å². The summed E-state index contributed by atoms with van der Waals surface area (Å²) in [6, 6.07) is 21.3. The van der Waals surface area contributed by atoms with Gasteiger partial charge in [-0.25, -0.2) is 13.6 Å². The summed E-state index contributed by atoms with van der Waals surface area (Å²) in [7, 11) is -3.82. The number of benzene rings is 3. The minimum absolute atomic E-state index is 0.0381. The van der Waals surface area contributed by atoms with Gasteiger partial charge in [0.05, 0.1) is 35.1 Å². The highest BCUT2D eigenvalue weighted by molar-refractivity contribution is 7.89. The van der Waals surface area contributed by atoms with Crippen molar-refractivity contribution in [1.82, 2.24) is 0 Å². The zero-order chi connectivity index (χ0) is 25.7. The van der Waals surface area contributed by atoms with Gasteiger partial charge < -0.3 is 9.47 Å². The van der Waals surface area contributed by atoms with Crippen LogP contribution in [-0.2, 0) is 21.2 Å². The van der Waals surface area contributed by atoms with Gasteiger partial charge in [-0.15, -0.1) is 0 Å². The molecule has 8 nitrogen and oxygen atoms in total. The van der Waals surface area contributed by atoms with Crippen molar-refractivity contribution in [2.24, 2.45) is 10.2 Å². The molecule has 0 radical (unpaired) electrons. The summed E-state index contributed by atoms with van der Waals surface area (Å²) in [6.45, 7) is 4.62. The maximum atomic E-state index is 13.1. The summed E-state index contributed by atoms with van der Waals surface area (Å²) >= 11 is 0. The smallest absolute Gasteiger partial charge is 0.280 e. The third-order valence-electron chi connectivity index (χ3n) is 5.54. The molecule has 0 saturated heterocycles. The molecule has 1 heterocycles. The van der Waals surface area contributed by atoms with Crippen LogP contribution in [0.4, 0.5) is 5.69 Å². The Kier molecular flexibility index (Phi) is 7.52. The highest BCUT2D eigenvalue weighted by atomic mass is 32.2. The molecule has 0 bridgehead atoms. The van der Waals surface area contributed by atoms with E-state index in [4.69, 9.17) is 14.6 Å². The summed E-state index contributed by atoms with van der Waals surface area (Å²) in [6.07, 6.45) is 2.52. The van der Waals surface area contributed by atoms with Crippen LogP contribution in [0.25, 0.3) is 6.08 Å². The number of nitrogens with zero attached hydrogens (tertiary/aromatic N) is 2. The first kappa shape index (κ1) is 25.2. The molecule has 2 N–H and O–H groups in total. The number of hydrogen-bond acceptors (Lipinski definition) is 6. The molecule has 0 atom stereocenters. The van der Waals surface area contributed by atoms with Crippen LogP contribution in [0.15, 0.2) is 88.4 Å². The minimum atomic E-state index is -3.82. The van der Waals surface area contributed by atoms with E-state index in [1.807, 2.05) is 43.3 Å². The van der Waals surface area contributed by atoms with Crippen molar-refractivity contribution in [3.05, 3.63) is 89.5 Å². The molecule has 9 heteroatoms. The van der Waals surface area contributed by atoms with E-state index in [0.29, 0.717) is 41.7 Å². The highest BCUT2D eigenvalue weighted by Gasteiger charge is 2.29. The van der Waals surface area contributed by atoms with Gasteiger partial charge in [-0.2, -0.15) is 10.1 Å². The Labute approximate surface area is 210 Å². The molecule has 4 rings (SSSR count). The Hall–Kier alpha value is -3.95. The number of primary sulfonamides is 1. The summed E-state index contributed by atoms with van der Waals surface area (Å²) in [5, 5.41) is 10.7. The normalized spacial score (nSPS) is 14.8. The molecule has 1 aliphatic heterocycles. The van der Waals surface area contributed by atoms with E-state index in [-0.39, 0.29) is 10.8 Å². The van der Waals surface area contributed by atoms with E-state index >= 15 is 0 Å². The van der Waals surface area contributed by atoms with Crippen molar-refractivity contribution in [2.75, 3.05) is 18.2 Å². The van der Waals surface area contributed by atoms with Crippen LogP contribution in [0.3, 0.4) is 0 Å². The molecule has 0 saturated carbocycles. The van der Waals surface area contributed by atoms with Gasteiger partial charge in [-0.05, 0) is 67.4 Å². The van der Waals surface area contributed by atoms with Crippen LogP contribution < -0.4 is 19.6 Å². The fourth-order valence-corrected chi connectivity index (χ4v) is 4.24. The number of sulfonamides is 1. The van der Waals surface area contributed by atoms with Crippen molar-refractivity contribution in [3.63, 3.8) is 0 Å². The minimum Gasteiger partial charge on any atom is -0.490 e. The third kappa shape index (κ3) is 5.81. The first-order valence-electron chi connectivity index (χ1n) is 11.4. The number of rotatable bonds is 9. The van der Waals surface area contributed by atoms with Crippen molar-refractivity contribution < 1.29 is 22.7 Å². The van der Waals surface area contributed by atoms with Gasteiger partial charge >= 0.3 is 0 Å². The third-order valence-corrected chi connectivity index (χ3v) is 6.47. The summed E-state index contributed by atoms with van der Waals surface area (Å²) in [5.41, 5.74) is 3.35. The Morgan fingerprint density at radius 1 is 0.972 bits per heavy atom. The fourth-order valence-electron chi connectivity index (χ4n) is 3.73. The van der Waals surface area contributed by atoms with E-state index in [1.165, 1.54) is 34.8 Å². The van der Waals surface area contributed by atoms with Gasteiger partial charge in [-0.3, -0.25) is 4.79 Å². The summed E-state index contributed by atoms with van der Waals surface area (Å²) < 4.78 is 34.8. The fraction of sp³-hybridized carbons (Fsp3) is 0.185. The molecule has 0 aromatic heterocycles. The second kappa shape index (κ2) is 10.8. The maximum absolute atomic E-state index is 13.1. The number of hydrazone groups is 1. The average Bonchev–Trinajstić information content (AvgIpc) is 3.14. The standard InChI is InChI=1S/C27H27N3O5S/c1-3-34-26-18-21(9-14-25(26)35-16-15-20-7-5-4-6-8-20)17-24-19(2)29-30(27(24)31)22-10-12-23(13-11-22)36(28,32)33/h4-14,17-18H,3,15-16H2,1-2H3,(H2,28,32,33)/b24-17-. The number of hydrogen-bond donors (Lipinski definition) is 1. The summed E-state index contributed by atoms with van der Waals surface area (Å²) in [5.74, 6) is 0.905. The first-order chi connectivity index (χ1) is 17.3. The molecule has 3 aromatic carbocycles. The second-order valence-electron chi connectivity index (χ2n) is 8.12. The quantitative estimate of drug-likeness (QED) is 0.439. The molecule has 0 fully saturated rings. The van der Waals surface area contributed by atoms with Gasteiger partial charge in [0.1, 0.15) is 0 Å². The molecule has 0 aliphatic carbocycles. The van der Waals surface area contributed by atoms with Gasteiger partial charge in [0, 0.05) is 6.42 Å². The number of nitrogens with two attached hydrogens (primary N) is 1. The summed E-state index contributed by atoms with van der Waals surface area (Å²) in [4.78, 5) is 13.1. The number of ether oxygens (including phenoxy) is 2. The van der Waals surface area contributed by atoms with Crippen molar-refractivity contribution >= 4 is 33.4 Å². The van der Waals surface area contributed by atoms with Crippen LogP contribution in [0.2, 0.25) is 0 Å². The van der Waals surface area contributed by atoms with Crippen LogP contribution in [0, 0.1) is 0 Å². The molecule has 0 spiro atoms. The molecule has 36 heavy (non-hydrogen) atoms. The molecular weight excluding hydrogens is 478 g/mol. The van der Waals surface area contributed by atoms with Crippen LogP contribution >= 0.6 is 0 Å². The Morgan fingerprint density at radius 3 is 2.36 bits per heavy atom. The van der Waals surface area contributed by atoms with E-state index in [2.05, 4.69) is 17.2 Å². The van der Waals surface area contributed by atoms with Crippen molar-refractivity contribution in [2.45, 2.75) is 25.2 Å². The van der Waals surface area contributed by atoms with Gasteiger partial charge in [0.15, 0.2) is 11.5 Å². The first-order valence-corrected chi connectivity index (χ1v) is 13.0. The van der Waals surface area contributed by atoms with Gasteiger partial charge in [-0.1, -0.05) is 36.4 Å². The van der Waals surface area contributed by atoms with Crippen LogP contribution in [0.1, 0.15) is 25.0 Å². The monoisotopic (exact) mass is 505 g/mol. The zero-order valence-corrected chi connectivity index (χ0v) is 20.9. The van der Waals surface area contributed by atoms with E-state index < -0.39 is 10.0 Å². The second-order valence-corrected chi connectivity index (χ2v) is 9.68. The number of anilines is 1. The number of carbonyl (C=O) groups excluding carboxylic acids is 1. The molecule has 0 unspecified atom stereocenters. The van der Waals surface area contributed by atoms with Gasteiger partial charge in [0.2, 0.25) is 10.0 Å². The largest absolute Gasteiger partial charge is 0.490 e. The molecule has 3 aromatic rings. The Bertz CT molecular complexity index is 1420. The lowest BCUT2D eigenvalue weighted by atomic mass is 10.1. The average molecular weight is 506 g/mol. The zero-order valence-electron chi connectivity index (χ0n) is 20.0. The molecule has 1 aliphatic rings. The van der Waals surface area contributed by atoms with Crippen LogP contribution in [-0.4, -0.2) is 33.3 Å². The van der Waals surface area contributed by atoms with Crippen LogP contribution in [0.5, 0.6) is 11.5 Å². The molecule has 186 valence electrons. The van der Waals surface area contributed by atoms with Crippen molar-refractivity contribution in [1.29, 1.82) is 0 Å². The SMILES string of the molecule is CCOc1cc(/C=C2\C(=O)N(c3ccc(S(N)(=O)=O)cc3)N=C2C)ccc1OCCc1ccccc1.